The molecule has 1 saturated carbocycles. The first-order valence-corrected chi connectivity index (χ1v) is 8.12. The Labute approximate surface area is 140 Å². The highest BCUT2D eigenvalue weighted by Crippen LogP contribution is 2.57. The van der Waals surface area contributed by atoms with Crippen molar-refractivity contribution in [2.24, 2.45) is 10.8 Å². The first kappa shape index (κ1) is 16.9. The molecule has 2 N–H and O–H groups in total. The molecule has 1 aromatic rings. The van der Waals surface area contributed by atoms with Gasteiger partial charge < -0.3 is 19.7 Å². The summed E-state index contributed by atoms with van der Waals surface area (Å²) in [6.45, 7) is 2.33. The fourth-order valence-electron chi connectivity index (χ4n) is 4.15. The van der Waals surface area contributed by atoms with Crippen molar-refractivity contribution in [2.45, 2.75) is 38.4 Å². The van der Waals surface area contributed by atoms with Gasteiger partial charge in [-0.1, -0.05) is 30.3 Å². The Morgan fingerprint density at radius 1 is 1.04 bits per heavy atom. The van der Waals surface area contributed by atoms with Gasteiger partial charge in [0, 0.05) is 12.8 Å². The molecule has 24 heavy (non-hydrogen) atoms. The predicted octanol–water partition coefficient (Wildman–Crippen LogP) is 2.32. The van der Waals surface area contributed by atoms with Crippen LogP contribution in [-0.2, 0) is 25.5 Å². The third-order valence-corrected chi connectivity index (χ3v) is 5.66. The molecule has 2 fully saturated rings. The Kier molecular flexibility index (Phi) is 4.13. The van der Waals surface area contributed by atoms with Crippen molar-refractivity contribution < 1.29 is 29.3 Å². The van der Waals surface area contributed by atoms with Gasteiger partial charge in [-0.25, -0.2) is 0 Å². The minimum absolute atomic E-state index is 0.0362. The Hall–Kier alpha value is -1.92. The Morgan fingerprint density at radius 3 is 2.21 bits per heavy atom. The number of rotatable bonds is 4. The van der Waals surface area contributed by atoms with E-state index in [-0.39, 0.29) is 19.3 Å². The van der Waals surface area contributed by atoms with Gasteiger partial charge in [-0.15, -0.1) is 0 Å². The van der Waals surface area contributed by atoms with Crippen LogP contribution >= 0.6 is 0 Å². The number of aliphatic carboxylic acids is 2. The Bertz CT molecular complexity index is 636. The van der Waals surface area contributed by atoms with Crippen LogP contribution in [0.1, 0.15) is 31.7 Å². The average molecular weight is 334 g/mol. The van der Waals surface area contributed by atoms with Crippen molar-refractivity contribution in [3.63, 3.8) is 0 Å². The molecule has 0 amide bonds. The molecule has 1 aliphatic carbocycles. The van der Waals surface area contributed by atoms with Gasteiger partial charge in [0.1, 0.15) is 0 Å². The van der Waals surface area contributed by atoms with Crippen LogP contribution in [0.5, 0.6) is 0 Å². The minimum atomic E-state index is -1.49. The van der Waals surface area contributed by atoms with Crippen LogP contribution in [0, 0.1) is 10.8 Å². The van der Waals surface area contributed by atoms with Crippen LogP contribution in [0.2, 0.25) is 0 Å². The monoisotopic (exact) mass is 334 g/mol. The van der Waals surface area contributed by atoms with Gasteiger partial charge in [-0.05, 0) is 25.3 Å². The SMILES string of the molecule is C[C@@]1(C(=O)O)CC2(CC[C@]1(Cc1ccccc1)C(=O)O)OCCO2. The van der Waals surface area contributed by atoms with E-state index >= 15 is 0 Å². The molecule has 3 rings (SSSR count). The Morgan fingerprint density at radius 2 is 1.67 bits per heavy atom. The maximum Gasteiger partial charge on any atom is 0.311 e. The van der Waals surface area contributed by atoms with Gasteiger partial charge >= 0.3 is 11.9 Å². The summed E-state index contributed by atoms with van der Waals surface area (Å²) < 4.78 is 11.3. The molecule has 0 aromatic heterocycles. The fraction of sp³-hybridized carbons (Fsp3) is 0.556. The quantitative estimate of drug-likeness (QED) is 0.878. The molecule has 1 saturated heterocycles. The lowest BCUT2D eigenvalue weighted by molar-refractivity contribution is -0.236. The summed E-state index contributed by atoms with van der Waals surface area (Å²) in [5, 5.41) is 20.0. The lowest BCUT2D eigenvalue weighted by Crippen LogP contribution is -2.60. The highest BCUT2D eigenvalue weighted by Gasteiger charge is 2.65. The van der Waals surface area contributed by atoms with E-state index in [0.717, 1.165) is 5.56 Å². The fourth-order valence-corrected chi connectivity index (χ4v) is 4.15. The standard InChI is InChI=1S/C18H22O6/c1-16(14(19)20)12-18(23-9-10-24-18)8-7-17(16,15(21)22)11-13-5-3-2-4-6-13/h2-6H,7-12H2,1H3,(H,19,20)(H,21,22)/t16-,17-/m0/s1. The maximum atomic E-state index is 12.3. The lowest BCUT2D eigenvalue weighted by Gasteiger charge is -2.51. The molecule has 1 spiro atoms. The van der Waals surface area contributed by atoms with Crippen LogP contribution in [-0.4, -0.2) is 41.2 Å². The number of carbonyl (C=O) groups is 2. The van der Waals surface area contributed by atoms with Gasteiger partial charge in [-0.2, -0.15) is 0 Å². The number of hydrogen-bond donors (Lipinski definition) is 2. The second-order valence-electron chi connectivity index (χ2n) is 6.97. The van der Waals surface area contributed by atoms with E-state index in [1.165, 1.54) is 6.92 Å². The summed E-state index contributed by atoms with van der Waals surface area (Å²) in [6, 6.07) is 9.18. The average Bonchev–Trinajstić information content (AvgIpc) is 2.99. The zero-order valence-corrected chi connectivity index (χ0v) is 13.7. The third-order valence-electron chi connectivity index (χ3n) is 5.66. The van der Waals surface area contributed by atoms with Crippen LogP contribution in [0.3, 0.4) is 0 Å². The van der Waals surface area contributed by atoms with Crippen LogP contribution in [0.4, 0.5) is 0 Å². The van der Waals surface area contributed by atoms with Crippen LogP contribution in [0.25, 0.3) is 0 Å². The van der Waals surface area contributed by atoms with Gasteiger partial charge in [-0.3, -0.25) is 9.59 Å². The molecule has 0 unspecified atom stereocenters. The highest BCUT2D eigenvalue weighted by molar-refractivity contribution is 5.87. The molecular weight excluding hydrogens is 312 g/mol. The molecule has 6 nitrogen and oxygen atoms in total. The van der Waals surface area contributed by atoms with E-state index in [0.29, 0.717) is 19.6 Å². The second kappa shape index (κ2) is 5.86. The molecule has 0 radical (unpaired) electrons. The van der Waals surface area contributed by atoms with E-state index in [9.17, 15) is 19.8 Å². The summed E-state index contributed by atoms with van der Waals surface area (Å²) in [6.07, 6.45) is 0.783. The first-order valence-electron chi connectivity index (χ1n) is 8.12. The number of benzene rings is 1. The molecular formula is C18H22O6. The molecule has 1 aliphatic heterocycles. The van der Waals surface area contributed by atoms with Gasteiger partial charge in [0.2, 0.25) is 0 Å². The van der Waals surface area contributed by atoms with E-state index in [2.05, 4.69) is 0 Å². The summed E-state index contributed by atoms with van der Waals surface area (Å²) in [5.74, 6) is -3.17. The third kappa shape index (κ3) is 2.50. The Balaban J connectivity index is 2.03. The molecule has 130 valence electrons. The van der Waals surface area contributed by atoms with Crippen molar-refractivity contribution in [1.82, 2.24) is 0 Å². The number of carboxylic acid groups (broad SMARTS) is 2. The first-order chi connectivity index (χ1) is 11.3. The van der Waals surface area contributed by atoms with Gasteiger partial charge in [0.15, 0.2) is 5.79 Å². The summed E-state index contributed by atoms with van der Waals surface area (Å²) >= 11 is 0. The number of hydrogen-bond acceptors (Lipinski definition) is 4. The molecule has 0 bridgehead atoms. The summed E-state index contributed by atoms with van der Waals surface area (Å²) in [4.78, 5) is 24.4. The maximum absolute atomic E-state index is 12.3. The van der Waals surface area contributed by atoms with Crippen molar-refractivity contribution >= 4 is 11.9 Å². The number of carboxylic acids is 2. The van der Waals surface area contributed by atoms with E-state index < -0.39 is 28.6 Å². The summed E-state index contributed by atoms with van der Waals surface area (Å²) in [5.41, 5.74) is -2.07. The van der Waals surface area contributed by atoms with E-state index in [1.807, 2.05) is 30.3 Å². The van der Waals surface area contributed by atoms with Gasteiger partial charge in [0.05, 0.1) is 24.0 Å². The van der Waals surface area contributed by atoms with Crippen LogP contribution in [0.15, 0.2) is 30.3 Å². The smallest absolute Gasteiger partial charge is 0.311 e. The van der Waals surface area contributed by atoms with Crippen LogP contribution < -0.4 is 0 Å². The molecule has 2 aliphatic rings. The predicted molar refractivity (Wildman–Crippen MR) is 84.4 cm³/mol. The lowest BCUT2D eigenvalue weighted by atomic mass is 9.53. The zero-order valence-electron chi connectivity index (χ0n) is 13.7. The highest BCUT2D eigenvalue weighted by atomic mass is 16.7. The molecule has 6 heteroatoms. The van der Waals surface area contributed by atoms with Gasteiger partial charge in [0.25, 0.3) is 0 Å². The summed E-state index contributed by atoms with van der Waals surface area (Å²) in [7, 11) is 0. The van der Waals surface area contributed by atoms with Crippen molar-refractivity contribution in [2.75, 3.05) is 13.2 Å². The zero-order chi connectivity index (χ0) is 17.4. The molecule has 1 aromatic carbocycles. The number of ether oxygens (including phenoxy) is 2. The molecule has 2 atom stereocenters. The normalized spacial score (nSPS) is 31.9. The minimum Gasteiger partial charge on any atom is -0.481 e. The second-order valence-corrected chi connectivity index (χ2v) is 6.97. The van der Waals surface area contributed by atoms with Crippen molar-refractivity contribution in [3.05, 3.63) is 35.9 Å². The van der Waals surface area contributed by atoms with E-state index in [4.69, 9.17) is 9.47 Å². The largest absolute Gasteiger partial charge is 0.481 e. The molecule has 1 heterocycles. The van der Waals surface area contributed by atoms with E-state index in [1.54, 1.807) is 0 Å². The van der Waals surface area contributed by atoms with Crippen molar-refractivity contribution in [1.29, 1.82) is 0 Å². The van der Waals surface area contributed by atoms with Crippen molar-refractivity contribution in [3.8, 4) is 0 Å². The topological polar surface area (TPSA) is 93.1 Å².